The normalized spacial score (nSPS) is 35.5. The van der Waals surface area contributed by atoms with E-state index in [0.717, 1.165) is 12.8 Å². The van der Waals surface area contributed by atoms with Crippen LogP contribution in [-0.2, 0) is 23.9 Å². The molecule has 0 unspecified atom stereocenters. The van der Waals surface area contributed by atoms with Crippen LogP contribution in [0.15, 0.2) is 0 Å². The van der Waals surface area contributed by atoms with Crippen LogP contribution in [0.5, 0.6) is 0 Å². The van der Waals surface area contributed by atoms with Crippen LogP contribution in [0.4, 0.5) is 0 Å². The molecule has 0 aromatic heterocycles. The molecule has 0 aromatic rings. The fraction of sp³-hybridized carbons (Fsp3) is 0.833. The summed E-state index contributed by atoms with van der Waals surface area (Å²) >= 11 is 0. The van der Waals surface area contributed by atoms with Gasteiger partial charge in [-0.25, -0.2) is 0 Å². The molecule has 2 aliphatic carbocycles. The van der Waals surface area contributed by atoms with E-state index in [0.29, 0.717) is 25.4 Å². The van der Waals surface area contributed by atoms with E-state index in [2.05, 4.69) is 20.8 Å². The van der Waals surface area contributed by atoms with Gasteiger partial charge in [0.2, 0.25) is 0 Å². The molecule has 0 amide bonds. The van der Waals surface area contributed by atoms with Crippen LogP contribution in [-0.4, -0.2) is 30.4 Å². The zero-order chi connectivity index (χ0) is 17.4. The number of hydrogen-bond donors (Lipinski definition) is 0. The van der Waals surface area contributed by atoms with E-state index in [1.165, 1.54) is 13.8 Å². The van der Waals surface area contributed by atoms with Gasteiger partial charge in [0.25, 0.3) is 0 Å². The summed E-state index contributed by atoms with van der Waals surface area (Å²) in [7, 11) is 0. The average molecular weight is 324 g/mol. The van der Waals surface area contributed by atoms with Gasteiger partial charge < -0.3 is 9.47 Å². The van der Waals surface area contributed by atoms with Gasteiger partial charge in [0.1, 0.15) is 0 Å². The number of fused-ring (bicyclic) bond motifs is 1. The Morgan fingerprint density at radius 1 is 1.13 bits per heavy atom. The second-order valence-electron chi connectivity index (χ2n) is 8.26. The molecule has 2 rings (SSSR count). The second kappa shape index (κ2) is 6.25. The van der Waals surface area contributed by atoms with Crippen molar-refractivity contribution in [2.45, 2.75) is 66.4 Å². The van der Waals surface area contributed by atoms with Crippen LogP contribution in [0.2, 0.25) is 0 Å². The molecule has 23 heavy (non-hydrogen) atoms. The summed E-state index contributed by atoms with van der Waals surface area (Å²) in [5, 5.41) is 0. The SMILES string of the molecule is CC(=O)OCC[C@@]1(C)CC(=O)[C@@H](OC(C)=O)[C@@H]2CC(C)(C)C[C@@H]21. The molecular weight excluding hydrogens is 296 g/mol. The van der Waals surface area contributed by atoms with Crippen molar-refractivity contribution in [2.24, 2.45) is 22.7 Å². The van der Waals surface area contributed by atoms with Gasteiger partial charge in [-0.05, 0) is 36.0 Å². The third-order valence-corrected chi connectivity index (χ3v) is 5.53. The van der Waals surface area contributed by atoms with Gasteiger partial charge >= 0.3 is 11.9 Å². The molecule has 2 saturated carbocycles. The summed E-state index contributed by atoms with van der Waals surface area (Å²) in [5.41, 5.74) is -0.0807. The Labute approximate surface area is 138 Å². The number of ketones is 1. The predicted molar refractivity (Wildman–Crippen MR) is 84.5 cm³/mol. The van der Waals surface area contributed by atoms with Crippen molar-refractivity contribution in [1.82, 2.24) is 0 Å². The van der Waals surface area contributed by atoms with Gasteiger partial charge in [0.05, 0.1) is 6.61 Å². The largest absolute Gasteiger partial charge is 0.466 e. The molecule has 4 atom stereocenters. The smallest absolute Gasteiger partial charge is 0.303 e. The lowest BCUT2D eigenvalue weighted by atomic mass is 9.61. The predicted octanol–water partition coefficient (Wildman–Crippen LogP) is 2.90. The average Bonchev–Trinajstić information content (AvgIpc) is 2.70. The van der Waals surface area contributed by atoms with E-state index in [9.17, 15) is 14.4 Å². The molecule has 0 spiro atoms. The minimum Gasteiger partial charge on any atom is -0.466 e. The Hall–Kier alpha value is -1.39. The van der Waals surface area contributed by atoms with Gasteiger partial charge in [-0.3, -0.25) is 14.4 Å². The van der Waals surface area contributed by atoms with Crippen LogP contribution in [0.3, 0.4) is 0 Å². The number of Topliss-reactive ketones (excluding diaryl/α,β-unsaturated/α-hetero) is 1. The molecule has 0 N–H and O–H groups in total. The highest BCUT2D eigenvalue weighted by atomic mass is 16.5. The van der Waals surface area contributed by atoms with Crippen LogP contribution in [0.1, 0.15) is 60.3 Å². The Morgan fingerprint density at radius 2 is 1.78 bits per heavy atom. The topological polar surface area (TPSA) is 69.7 Å². The number of esters is 2. The third-order valence-electron chi connectivity index (χ3n) is 5.53. The molecule has 2 fully saturated rings. The van der Waals surface area contributed by atoms with Crippen molar-refractivity contribution in [1.29, 1.82) is 0 Å². The summed E-state index contributed by atoms with van der Waals surface area (Å²) in [6.07, 6.45) is 2.32. The summed E-state index contributed by atoms with van der Waals surface area (Å²) in [5.74, 6) is -0.316. The number of carbonyl (C=O) groups excluding carboxylic acids is 3. The van der Waals surface area contributed by atoms with Crippen LogP contribution in [0, 0.1) is 22.7 Å². The van der Waals surface area contributed by atoms with Gasteiger partial charge in [-0.1, -0.05) is 20.8 Å². The first-order valence-corrected chi connectivity index (χ1v) is 8.37. The first-order chi connectivity index (χ1) is 10.5. The van der Waals surface area contributed by atoms with E-state index in [-0.39, 0.29) is 28.5 Å². The molecule has 0 aromatic carbocycles. The number of ether oxygens (including phenoxy) is 2. The summed E-state index contributed by atoms with van der Waals surface area (Å²) < 4.78 is 10.5. The maximum Gasteiger partial charge on any atom is 0.303 e. The lowest BCUT2D eigenvalue weighted by molar-refractivity contribution is -0.165. The molecule has 5 nitrogen and oxygen atoms in total. The van der Waals surface area contributed by atoms with E-state index in [1.54, 1.807) is 0 Å². The van der Waals surface area contributed by atoms with Gasteiger partial charge in [-0.15, -0.1) is 0 Å². The highest BCUT2D eigenvalue weighted by Gasteiger charge is 2.57. The van der Waals surface area contributed by atoms with E-state index < -0.39 is 12.1 Å². The first kappa shape index (κ1) is 18.0. The van der Waals surface area contributed by atoms with Gasteiger partial charge in [0.15, 0.2) is 11.9 Å². The van der Waals surface area contributed by atoms with Crippen molar-refractivity contribution in [2.75, 3.05) is 6.61 Å². The summed E-state index contributed by atoms with van der Waals surface area (Å²) in [6, 6.07) is 0. The molecule has 0 bridgehead atoms. The molecule has 0 aliphatic heterocycles. The van der Waals surface area contributed by atoms with Crippen LogP contribution >= 0.6 is 0 Å². The quantitative estimate of drug-likeness (QED) is 0.744. The standard InChI is InChI=1S/C18H28O5/c1-11(19)22-7-6-18(5)10-15(21)16(23-12(2)20)13-8-17(3,4)9-14(13)18/h13-14,16H,6-10H2,1-5H3/t13-,14+,16+,18+/m1/s1. The van der Waals surface area contributed by atoms with Gasteiger partial charge in [-0.2, -0.15) is 0 Å². The van der Waals surface area contributed by atoms with E-state index in [4.69, 9.17) is 9.47 Å². The fourth-order valence-corrected chi connectivity index (χ4v) is 4.59. The molecule has 0 saturated heterocycles. The summed E-state index contributed by atoms with van der Waals surface area (Å²) in [6.45, 7) is 9.60. The molecule has 0 radical (unpaired) electrons. The van der Waals surface area contributed by atoms with Crippen molar-refractivity contribution >= 4 is 17.7 Å². The minimum absolute atomic E-state index is 0.00414. The zero-order valence-electron chi connectivity index (χ0n) is 14.8. The van der Waals surface area contributed by atoms with E-state index in [1.807, 2.05) is 0 Å². The Bertz CT molecular complexity index is 510. The van der Waals surface area contributed by atoms with Crippen molar-refractivity contribution in [3.63, 3.8) is 0 Å². The Kier molecular flexibility index (Phi) is 4.88. The molecule has 130 valence electrons. The lowest BCUT2D eigenvalue weighted by Gasteiger charge is -2.45. The number of hydrogen-bond acceptors (Lipinski definition) is 5. The molecular formula is C18H28O5. The highest BCUT2D eigenvalue weighted by molar-refractivity contribution is 5.87. The maximum absolute atomic E-state index is 12.6. The lowest BCUT2D eigenvalue weighted by Crippen LogP contribution is -2.49. The fourth-order valence-electron chi connectivity index (χ4n) is 4.59. The minimum atomic E-state index is -0.610. The van der Waals surface area contributed by atoms with Crippen LogP contribution in [0.25, 0.3) is 0 Å². The zero-order valence-corrected chi connectivity index (χ0v) is 14.8. The Balaban J connectivity index is 2.21. The monoisotopic (exact) mass is 324 g/mol. The van der Waals surface area contributed by atoms with Crippen LogP contribution < -0.4 is 0 Å². The van der Waals surface area contributed by atoms with E-state index >= 15 is 0 Å². The second-order valence-corrected chi connectivity index (χ2v) is 8.26. The summed E-state index contributed by atoms with van der Waals surface area (Å²) in [4.78, 5) is 35.0. The molecule has 2 aliphatic rings. The number of carbonyl (C=O) groups is 3. The number of rotatable bonds is 4. The highest BCUT2D eigenvalue weighted by Crippen LogP contribution is 2.58. The first-order valence-electron chi connectivity index (χ1n) is 8.37. The molecule has 0 heterocycles. The van der Waals surface area contributed by atoms with Crippen molar-refractivity contribution in [3.8, 4) is 0 Å². The van der Waals surface area contributed by atoms with Crippen molar-refractivity contribution < 1.29 is 23.9 Å². The Morgan fingerprint density at radius 3 is 2.35 bits per heavy atom. The third kappa shape index (κ3) is 3.93. The van der Waals surface area contributed by atoms with Crippen molar-refractivity contribution in [3.05, 3.63) is 0 Å². The van der Waals surface area contributed by atoms with Gasteiger partial charge in [0, 0.05) is 26.2 Å². The molecule has 5 heteroatoms. The maximum atomic E-state index is 12.6.